The Bertz CT molecular complexity index is 892. The zero-order valence-electron chi connectivity index (χ0n) is 16.1. The average molecular weight is 391 g/mol. The zero-order chi connectivity index (χ0) is 20.0. The number of sulfonamides is 1. The second-order valence-corrected chi connectivity index (χ2v) is 7.91. The molecule has 0 fully saturated rings. The van der Waals surface area contributed by atoms with Gasteiger partial charge in [-0.05, 0) is 44.2 Å². The lowest BCUT2D eigenvalue weighted by Crippen LogP contribution is -2.30. The average Bonchev–Trinajstić information content (AvgIpc) is 2.64. The number of benzene rings is 1. The third-order valence-electron chi connectivity index (χ3n) is 4.12. The van der Waals surface area contributed by atoms with Gasteiger partial charge in [-0.15, -0.1) is 0 Å². The topological polar surface area (TPSA) is 91.4 Å². The van der Waals surface area contributed by atoms with Gasteiger partial charge in [-0.2, -0.15) is 4.31 Å². The molecule has 0 bridgehead atoms. The molecule has 0 atom stereocenters. The van der Waals surface area contributed by atoms with Crippen molar-refractivity contribution in [3.05, 3.63) is 47.8 Å². The van der Waals surface area contributed by atoms with E-state index in [2.05, 4.69) is 15.6 Å². The van der Waals surface area contributed by atoms with Crippen molar-refractivity contribution in [3.8, 4) is 0 Å². The summed E-state index contributed by atoms with van der Waals surface area (Å²) in [6.45, 7) is 8.75. The summed E-state index contributed by atoms with van der Waals surface area (Å²) >= 11 is 0. The van der Waals surface area contributed by atoms with Crippen LogP contribution in [0.2, 0.25) is 0 Å². The second-order valence-electron chi connectivity index (χ2n) is 5.97. The summed E-state index contributed by atoms with van der Waals surface area (Å²) in [7, 11) is -3.62. The van der Waals surface area contributed by atoms with Gasteiger partial charge < -0.3 is 10.6 Å². The molecule has 0 aliphatic carbocycles. The molecule has 0 spiro atoms. The van der Waals surface area contributed by atoms with Crippen molar-refractivity contribution >= 4 is 27.3 Å². The van der Waals surface area contributed by atoms with Crippen LogP contribution in [-0.2, 0) is 10.0 Å². The van der Waals surface area contributed by atoms with E-state index >= 15 is 0 Å². The Morgan fingerprint density at radius 3 is 2.33 bits per heavy atom. The molecule has 1 aromatic carbocycles. The Morgan fingerprint density at radius 2 is 1.78 bits per heavy atom. The molecule has 0 unspecified atom stereocenters. The second kappa shape index (κ2) is 8.96. The van der Waals surface area contributed by atoms with Crippen LogP contribution >= 0.6 is 0 Å². The molecule has 1 aromatic heterocycles. The Balaban J connectivity index is 2.41. The molecule has 27 heavy (non-hydrogen) atoms. The normalized spacial score (nSPS) is 11.4. The van der Waals surface area contributed by atoms with E-state index in [9.17, 15) is 13.2 Å². The molecule has 146 valence electrons. The Labute approximate surface area is 160 Å². The summed E-state index contributed by atoms with van der Waals surface area (Å²) < 4.78 is 27.0. The van der Waals surface area contributed by atoms with E-state index in [1.54, 1.807) is 38.1 Å². The summed E-state index contributed by atoms with van der Waals surface area (Å²) in [6, 6.07) is 8.14. The number of aromatic nitrogens is 1. The van der Waals surface area contributed by atoms with Crippen LogP contribution < -0.4 is 10.6 Å². The van der Waals surface area contributed by atoms with Gasteiger partial charge in [0.15, 0.2) is 0 Å². The van der Waals surface area contributed by atoms with Crippen molar-refractivity contribution in [1.29, 1.82) is 0 Å². The van der Waals surface area contributed by atoms with Gasteiger partial charge in [-0.3, -0.25) is 9.78 Å². The van der Waals surface area contributed by atoms with Crippen LogP contribution in [0.3, 0.4) is 0 Å². The van der Waals surface area contributed by atoms with E-state index < -0.39 is 10.0 Å². The van der Waals surface area contributed by atoms with Crippen molar-refractivity contribution < 1.29 is 13.2 Å². The van der Waals surface area contributed by atoms with Gasteiger partial charge in [0.2, 0.25) is 10.0 Å². The quantitative estimate of drug-likeness (QED) is 0.723. The maximum Gasteiger partial charge on any atom is 0.257 e. The van der Waals surface area contributed by atoms with Gasteiger partial charge in [0, 0.05) is 31.5 Å². The van der Waals surface area contributed by atoms with Crippen molar-refractivity contribution in [3.63, 3.8) is 0 Å². The summed E-state index contributed by atoms with van der Waals surface area (Å²) in [6.07, 6.45) is 1.49. The number of carbonyl (C=O) groups excluding carboxylic acids is 1. The lowest BCUT2D eigenvalue weighted by Gasteiger charge is -2.20. The highest BCUT2D eigenvalue weighted by molar-refractivity contribution is 7.89. The number of hydrogen-bond donors (Lipinski definition) is 2. The molecule has 1 heterocycles. The molecule has 0 saturated carbocycles. The van der Waals surface area contributed by atoms with Crippen molar-refractivity contribution in [1.82, 2.24) is 9.29 Å². The smallest absolute Gasteiger partial charge is 0.257 e. The van der Waals surface area contributed by atoms with E-state index in [0.717, 1.165) is 5.69 Å². The van der Waals surface area contributed by atoms with Gasteiger partial charge in [-0.1, -0.05) is 13.8 Å². The van der Waals surface area contributed by atoms with Crippen molar-refractivity contribution in [2.24, 2.45) is 0 Å². The van der Waals surface area contributed by atoms with Crippen LogP contribution in [0.4, 0.5) is 11.4 Å². The standard InChI is InChI=1S/C19H26N4O3S/c1-5-20-17-11-10-16(27(25,26)23(6-2)7-3)12-18(17)22-19(24)15-9-8-14(4)21-13-15/h8-13,20H,5-7H2,1-4H3,(H,22,24). The molecule has 1 amide bonds. The molecule has 0 radical (unpaired) electrons. The number of hydrogen-bond acceptors (Lipinski definition) is 5. The first-order chi connectivity index (χ1) is 12.8. The molecular formula is C19H26N4O3S. The predicted molar refractivity (Wildman–Crippen MR) is 108 cm³/mol. The molecule has 0 saturated heterocycles. The monoisotopic (exact) mass is 390 g/mol. The number of amides is 1. The number of pyridine rings is 1. The highest BCUT2D eigenvalue weighted by Crippen LogP contribution is 2.27. The molecule has 0 aliphatic rings. The number of nitrogens with zero attached hydrogens (tertiary/aromatic N) is 2. The highest BCUT2D eigenvalue weighted by atomic mass is 32.2. The van der Waals surface area contributed by atoms with Crippen LogP contribution in [0.25, 0.3) is 0 Å². The van der Waals surface area contributed by atoms with E-state index in [-0.39, 0.29) is 10.8 Å². The number of aryl methyl sites for hydroxylation is 1. The van der Waals surface area contributed by atoms with Crippen LogP contribution in [0, 0.1) is 6.92 Å². The third kappa shape index (κ3) is 4.84. The number of rotatable bonds is 8. The van der Waals surface area contributed by atoms with Gasteiger partial charge in [-0.25, -0.2) is 8.42 Å². The SMILES string of the molecule is CCNc1ccc(S(=O)(=O)N(CC)CC)cc1NC(=O)c1ccc(C)nc1. The number of nitrogens with one attached hydrogen (secondary N) is 2. The van der Waals surface area contributed by atoms with Crippen LogP contribution in [0.15, 0.2) is 41.4 Å². The lowest BCUT2D eigenvalue weighted by molar-refractivity contribution is 0.102. The summed E-state index contributed by atoms with van der Waals surface area (Å²) in [4.78, 5) is 16.8. The lowest BCUT2D eigenvalue weighted by atomic mass is 10.2. The van der Waals surface area contributed by atoms with Crippen LogP contribution in [-0.4, -0.2) is 43.2 Å². The fraction of sp³-hybridized carbons (Fsp3) is 0.368. The Hall–Kier alpha value is -2.45. The Morgan fingerprint density at radius 1 is 1.07 bits per heavy atom. The van der Waals surface area contributed by atoms with Crippen LogP contribution in [0.1, 0.15) is 36.8 Å². The van der Waals surface area contributed by atoms with Gasteiger partial charge in [0.25, 0.3) is 5.91 Å². The minimum absolute atomic E-state index is 0.144. The zero-order valence-corrected chi connectivity index (χ0v) is 16.9. The first-order valence-corrected chi connectivity index (χ1v) is 10.4. The summed E-state index contributed by atoms with van der Waals surface area (Å²) in [5.41, 5.74) is 2.28. The fourth-order valence-electron chi connectivity index (χ4n) is 2.64. The summed E-state index contributed by atoms with van der Waals surface area (Å²) in [5.74, 6) is -0.348. The first-order valence-electron chi connectivity index (χ1n) is 8.95. The minimum atomic E-state index is -3.62. The summed E-state index contributed by atoms with van der Waals surface area (Å²) in [5, 5.41) is 5.93. The van der Waals surface area contributed by atoms with E-state index in [1.165, 1.54) is 16.6 Å². The van der Waals surface area contributed by atoms with E-state index in [4.69, 9.17) is 0 Å². The molecule has 2 rings (SSSR count). The van der Waals surface area contributed by atoms with Crippen LogP contribution in [0.5, 0.6) is 0 Å². The maximum atomic E-state index is 12.8. The maximum absolute atomic E-state index is 12.8. The van der Waals surface area contributed by atoms with Crippen molar-refractivity contribution in [2.75, 3.05) is 30.3 Å². The number of anilines is 2. The molecule has 0 aliphatic heterocycles. The highest BCUT2D eigenvalue weighted by Gasteiger charge is 2.23. The fourth-order valence-corrected chi connectivity index (χ4v) is 4.13. The molecule has 7 nitrogen and oxygen atoms in total. The molecule has 2 N–H and O–H groups in total. The van der Waals surface area contributed by atoms with Gasteiger partial charge in [0.05, 0.1) is 21.8 Å². The first kappa shape index (κ1) is 20.9. The molecule has 2 aromatic rings. The van der Waals surface area contributed by atoms with E-state index in [1.807, 2.05) is 13.8 Å². The predicted octanol–water partition coefficient (Wildman–Crippen LogP) is 3.10. The Kier molecular flexibility index (Phi) is 6.92. The third-order valence-corrected chi connectivity index (χ3v) is 6.17. The van der Waals surface area contributed by atoms with Gasteiger partial charge in [0.1, 0.15) is 0 Å². The van der Waals surface area contributed by atoms with Gasteiger partial charge >= 0.3 is 0 Å². The molecule has 8 heteroatoms. The largest absolute Gasteiger partial charge is 0.384 e. The van der Waals surface area contributed by atoms with E-state index in [0.29, 0.717) is 36.6 Å². The minimum Gasteiger partial charge on any atom is -0.384 e. The van der Waals surface area contributed by atoms with Crippen molar-refractivity contribution in [2.45, 2.75) is 32.6 Å². The number of carbonyl (C=O) groups is 1. The molecular weight excluding hydrogens is 364 g/mol.